The van der Waals surface area contributed by atoms with Gasteiger partial charge < -0.3 is 0 Å². The van der Waals surface area contributed by atoms with Crippen molar-refractivity contribution in [3.63, 3.8) is 0 Å². The molecule has 0 spiro atoms. The van der Waals surface area contributed by atoms with Gasteiger partial charge in [-0.2, -0.15) is 4.58 Å². The predicted octanol–water partition coefficient (Wildman–Crippen LogP) is 5.31. The summed E-state index contributed by atoms with van der Waals surface area (Å²) in [6, 6.07) is 8.73. The summed E-state index contributed by atoms with van der Waals surface area (Å²) in [5.41, 5.74) is 5.50. The van der Waals surface area contributed by atoms with E-state index in [9.17, 15) is 0 Å². The molecule has 2 heteroatoms. The molecule has 2 aliphatic heterocycles. The van der Waals surface area contributed by atoms with Crippen LogP contribution in [-0.2, 0) is 0 Å². The van der Waals surface area contributed by atoms with E-state index in [2.05, 4.69) is 80.1 Å². The van der Waals surface area contributed by atoms with Gasteiger partial charge in [-0.1, -0.05) is 42.1 Å². The molecule has 0 radical (unpaired) electrons. The molecule has 22 heavy (non-hydrogen) atoms. The second kappa shape index (κ2) is 6.53. The highest BCUT2D eigenvalue weighted by molar-refractivity contribution is 8.03. The number of likely N-dealkylation sites (N-methyl/N-ethyl adjacent to an activating group) is 1. The van der Waals surface area contributed by atoms with E-state index in [0.29, 0.717) is 0 Å². The summed E-state index contributed by atoms with van der Waals surface area (Å²) in [5, 5.41) is 0. The predicted molar refractivity (Wildman–Crippen MR) is 96.6 cm³/mol. The van der Waals surface area contributed by atoms with Crippen molar-refractivity contribution in [1.82, 2.24) is 0 Å². The van der Waals surface area contributed by atoms with Gasteiger partial charge >= 0.3 is 0 Å². The first-order valence-corrected chi connectivity index (χ1v) is 8.60. The Morgan fingerprint density at radius 3 is 2.86 bits per heavy atom. The lowest BCUT2D eigenvalue weighted by molar-refractivity contribution is -0.438. The zero-order chi connectivity index (χ0) is 15.5. The minimum atomic E-state index is 0.991. The number of allylic oxidation sites excluding steroid dienone is 7. The van der Waals surface area contributed by atoms with Crippen LogP contribution in [0.5, 0.6) is 0 Å². The molecule has 0 unspecified atom stereocenters. The van der Waals surface area contributed by atoms with Gasteiger partial charge in [0.15, 0.2) is 0 Å². The van der Waals surface area contributed by atoms with Crippen molar-refractivity contribution in [2.24, 2.45) is 0 Å². The minimum Gasteiger partial charge on any atom is -0.195 e. The molecule has 0 N–H and O–H groups in total. The van der Waals surface area contributed by atoms with E-state index in [1.807, 2.05) is 11.8 Å². The maximum absolute atomic E-state index is 2.34. The van der Waals surface area contributed by atoms with E-state index in [1.165, 1.54) is 32.3 Å². The Morgan fingerprint density at radius 1 is 1.23 bits per heavy atom. The molecule has 0 saturated heterocycles. The van der Waals surface area contributed by atoms with Crippen LogP contribution in [0.4, 0.5) is 0 Å². The molecule has 0 bridgehead atoms. The molecule has 0 aromatic heterocycles. The van der Waals surface area contributed by atoms with Gasteiger partial charge in [-0.15, -0.1) is 0 Å². The van der Waals surface area contributed by atoms with Crippen molar-refractivity contribution < 1.29 is 4.58 Å². The highest BCUT2D eigenvalue weighted by Crippen LogP contribution is 2.40. The zero-order valence-electron chi connectivity index (χ0n) is 13.5. The van der Waals surface area contributed by atoms with Gasteiger partial charge in [0.2, 0.25) is 11.4 Å². The summed E-state index contributed by atoms with van der Waals surface area (Å²) in [6.07, 6.45) is 13.1. The number of thioether (sulfide) groups is 1. The van der Waals surface area contributed by atoms with Gasteiger partial charge in [0, 0.05) is 23.0 Å². The highest BCUT2D eigenvalue weighted by Gasteiger charge is 2.32. The first-order chi connectivity index (χ1) is 10.7. The summed E-state index contributed by atoms with van der Waals surface area (Å²) in [6.45, 7) is 4.30. The van der Waals surface area contributed by atoms with Gasteiger partial charge in [-0.3, -0.25) is 0 Å². The monoisotopic (exact) mass is 308 g/mol. The van der Waals surface area contributed by atoms with E-state index in [1.54, 1.807) is 0 Å². The topological polar surface area (TPSA) is 3.01 Å². The van der Waals surface area contributed by atoms with Gasteiger partial charge in [0.05, 0.1) is 5.56 Å². The number of nitrogens with zero attached hydrogens (tertiary/aromatic N) is 1. The third-order valence-electron chi connectivity index (χ3n) is 4.15. The van der Waals surface area contributed by atoms with E-state index < -0.39 is 0 Å². The van der Waals surface area contributed by atoms with Crippen molar-refractivity contribution >= 4 is 17.5 Å². The van der Waals surface area contributed by atoms with E-state index in [0.717, 1.165) is 12.8 Å². The molecular weight excluding hydrogens is 286 g/mol. The first kappa shape index (κ1) is 15.1. The largest absolute Gasteiger partial charge is 0.218 e. The van der Waals surface area contributed by atoms with Crippen LogP contribution >= 0.6 is 11.8 Å². The third kappa shape index (κ3) is 2.76. The highest BCUT2D eigenvalue weighted by atomic mass is 32.2. The Kier molecular flexibility index (Phi) is 4.49. The van der Waals surface area contributed by atoms with Gasteiger partial charge in [-0.25, -0.2) is 0 Å². The summed E-state index contributed by atoms with van der Waals surface area (Å²) in [5.74, 6) is 0. The number of hydrogen-bond donors (Lipinski definition) is 0. The number of fused-ring (bicyclic) bond motifs is 3. The molecule has 0 fully saturated rings. The minimum absolute atomic E-state index is 0.991. The van der Waals surface area contributed by atoms with E-state index in [4.69, 9.17) is 0 Å². The molecule has 3 rings (SSSR count). The molecule has 1 aromatic carbocycles. The van der Waals surface area contributed by atoms with Crippen LogP contribution in [0.25, 0.3) is 0 Å². The third-order valence-corrected chi connectivity index (χ3v) is 5.28. The van der Waals surface area contributed by atoms with Gasteiger partial charge in [0.25, 0.3) is 0 Å². The number of benzene rings is 1. The fourth-order valence-electron chi connectivity index (χ4n) is 2.99. The van der Waals surface area contributed by atoms with Crippen molar-refractivity contribution in [3.8, 4) is 0 Å². The molecule has 1 aromatic rings. The Bertz CT molecular complexity index is 745. The Labute approximate surface area is 137 Å². The number of hydrogen-bond acceptors (Lipinski definition) is 1. The van der Waals surface area contributed by atoms with Crippen LogP contribution in [0.2, 0.25) is 0 Å². The van der Waals surface area contributed by atoms with Crippen LogP contribution in [-0.4, -0.2) is 17.3 Å². The quantitative estimate of drug-likeness (QED) is 0.540. The lowest BCUT2D eigenvalue weighted by Gasteiger charge is -2.23. The fourth-order valence-corrected chi connectivity index (χ4v) is 4.04. The van der Waals surface area contributed by atoms with Crippen LogP contribution in [0.1, 0.15) is 32.3 Å². The normalized spacial score (nSPS) is 18.0. The Morgan fingerprint density at radius 2 is 2.05 bits per heavy atom. The maximum Gasteiger partial charge on any atom is 0.218 e. The molecule has 0 saturated carbocycles. The molecular formula is C20H22NS+. The van der Waals surface area contributed by atoms with Crippen LogP contribution < -0.4 is 0 Å². The first-order valence-electron chi connectivity index (χ1n) is 7.78. The van der Waals surface area contributed by atoms with Crippen molar-refractivity contribution in [2.45, 2.75) is 31.6 Å². The molecule has 2 heterocycles. The summed E-state index contributed by atoms with van der Waals surface area (Å²) < 4.78 is 2.34. The molecule has 1 nitrogen and oxygen atoms in total. The molecule has 112 valence electrons. The molecule has 0 amide bonds. The Hall–Kier alpha value is -1.80. The second-order valence-corrected chi connectivity index (χ2v) is 6.84. The Balaban J connectivity index is 2.03. The second-order valence-electron chi connectivity index (χ2n) is 5.58. The van der Waals surface area contributed by atoms with Crippen LogP contribution in [0, 0.1) is 0 Å². The SMILES string of the molecule is C/C=C\C/C=C/C1=CCC2=C(C)Sc3ccccc3C2=[N+]1C. The van der Waals surface area contributed by atoms with Crippen LogP contribution in [0.15, 0.2) is 75.7 Å². The maximum atomic E-state index is 2.34. The van der Waals surface area contributed by atoms with Crippen LogP contribution in [0.3, 0.4) is 0 Å². The summed E-state index contributed by atoms with van der Waals surface area (Å²) in [4.78, 5) is 2.79. The fraction of sp³-hybridized carbons (Fsp3) is 0.250. The zero-order valence-corrected chi connectivity index (χ0v) is 14.3. The lowest BCUT2D eigenvalue weighted by atomic mass is 9.95. The summed E-state index contributed by atoms with van der Waals surface area (Å²) >= 11 is 1.90. The molecule has 2 aliphatic rings. The van der Waals surface area contributed by atoms with Crippen molar-refractivity contribution in [3.05, 3.63) is 76.4 Å². The van der Waals surface area contributed by atoms with Gasteiger partial charge in [0.1, 0.15) is 7.05 Å². The average Bonchev–Trinajstić information content (AvgIpc) is 2.53. The molecule has 0 aliphatic carbocycles. The lowest BCUT2D eigenvalue weighted by Crippen LogP contribution is -2.26. The van der Waals surface area contributed by atoms with E-state index in [-0.39, 0.29) is 0 Å². The average molecular weight is 308 g/mol. The van der Waals surface area contributed by atoms with Crippen molar-refractivity contribution in [2.75, 3.05) is 7.05 Å². The van der Waals surface area contributed by atoms with E-state index >= 15 is 0 Å². The molecule has 0 atom stereocenters. The summed E-state index contributed by atoms with van der Waals surface area (Å²) in [7, 11) is 2.18. The standard InChI is InChI=1S/C20H22NS/c1-4-5-6-7-10-16-13-14-17-15(2)22-19-12-9-8-11-18(19)20(17)21(16)3/h4-5,7-13H,6,14H2,1-3H3/q+1/b5-4-,10-7+. The number of rotatable bonds is 3. The van der Waals surface area contributed by atoms with Gasteiger partial charge in [-0.05, 0) is 43.4 Å². The smallest absolute Gasteiger partial charge is 0.195 e. The van der Waals surface area contributed by atoms with Crippen molar-refractivity contribution in [1.29, 1.82) is 0 Å².